The number of halogens is 1. The second kappa shape index (κ2) is 6.61. The van der Waals surface area contributed by atoms with Crippen LogP contribution in [0.15, 0.2) is 24.3 Å². The highest BCUT2D eigenvalue weighted by Gasteiger charge is 2.09. The third-order valence-corrected chi connectivity index (χ3v) is 2.61. The molecule has 1 aromatic carbocycles. The third kappa shape index (κ3) is 4.29. The van der Waals surface area contributed by atoms with Gasteiger partial charge in [-0.15, -0.1) is 0 Å². The molecule has 0 unspecified atom stereocenters. The minimum atomic E-state index is -0.644. The molecule has 1 aromatic rings. The molecule has 90 valence electrons. The van der Waals surface area contributed by atoms with Gasteiger partial charge in [0.15, 0.2) is 0 Å². The summed E-state index contributed by atoms with van der Waals surface area (Å²) in [4.78, 5) is 0. The number of aliphatic hydroxyl groups excluding tert-OH is 1. The molecule has 0 saturated heterocycles. The molecule has 0 aliphatic rings. The molecule has 2 N–H and O–H groups in total. The SMILES string of the molecule is CCC[C@H](C)NC[C@H](O)c1cccc(F)c1. The number of aliphatic hydroxyl groups is 1. The molecular weight excluding hydrogens is 205 g/mol. The molecule has 0 saturated carbocycles. The van der Waals surface area contributed by atoms with E-state index in [4.69, 9.17) is 0 Å². The Labute approximate surface area is 96.5 Å². The van der Waals surface area contributed by atoms with Gasteiger partial charge in [-0.2, -0.15) is 0 Å². The summed E-state index contributed by atoms with van der Waals surface area (Å²) < 4.78 is 12.9. The normalized spacial score (nSPS) is 14.8. The molecule has 0 fully saturated rings. The number of nitrogens with one attached hydrogen (secondary N) is 1. The lowest BCUT2D eigenvalue weighted by Crippen LogP contribution is -2.30. The minimum absolute atomic E-state index is 0.307. The zero-order valence-corrected chi connectivity index (χ0v) is 9.91. The fourth-order valence-corrected chi connectivity index (χ4v) is 1.68. The molecule has 2 atom stereocenters. The average Bonchev–Trinajstić information content (AvgIpc) is 2.26. The Kier molecular flexibility index (Phi) is 5.43. The fourth-order valence-electron chi connectivity index (χ4n) is 1.68. The van der Waals surface area contributed by atoms with Crippen molar-refractivity contribution < 1.29 is 9.50 Å². The quantitative estimate of drug-likeness (QED) is 0.780. The Morgan fingerprint density at radius 1 is 1.44 bits per heavy atom. The van der Waals surface area contributed by atoms with Crippen LogP contribution in [0.1, 0.15) is 38.4 Å². The van der Waals surface area contributed by atoms with Crippen molar-refractivity contribution in [3.05, 3.63) is 35.6 Å². The van der Waals surface area contributed by atoms with E-state index in [2.05, 4.69) is 19.2 Å². The zero-order chi connectivity index (χ0) is 12.0. The Hall–Kier alpha value is -0.930. The molecule has 0 amide bonds. The van der Waals surface area contributed by atoms with Crippen LogP contribution in [0.25, 0.3) is 0 Å². The van der Waals surface area contributed by atoms with E-state index in [1.807, 2.05) is 0 Å². The van der Waals surface area contributed by atoms with Crippen LogP contribution in [0.2, 0.25) is 0 Å². The van der Waals surface area contributed by atoms with E-state index in [0.29, 0.717) is 18.2 Å². The van der Waals surface area contributed by atoms with Crippen LogP contribution >= 0.6 is 0 Å². The van der Waals surface area contributed by atoms with E-state index in [1.54, 1.807) is 12.1 Å². The Morgan fingerprint density at radius 3 is 2.81 bits per heavy atom. The Morgan fingerprint density at radius 2 is 2.19 bits per heavy atom. The number of hydrogen-bond donors (Lipinski definition) is 2. The van der Waals surface area contributed by atoms with Crippen molar-refractivity contribution in [1.82, 2.24) is 5.32 Å². The summed E-state index contributed by atoms with van der Waals surface area (Å²) in [5.74, 6) is -0.307. The molecule has 1 rings (SSSR count). The van der Waals surface area contributed by atoms with Gasteiger partial charge in [0, 0.05) is 12.6 Å². The van der Waals surface area contributed by atoms with Gasteiger partial charge in [0.2, 0.25) is 0 Å². The van der Waals surface area contributed by atoms with Crippen LogP contribution in [0.4, 0.5) is 4.39 Å². The molecule has 0 heterocycles. The fraction of sp³-hybridized carbons (Fsp3) is 0.538. The standard InChI is InChI=1S/C13H20FNO/c1-3-5-10(2)15-9-13(16)11-6-4-7-12(14)8-11/h4,6-8,10,13,15-16H,3,5,9H2,1-2H3/t10-,13-/m0/s1. The van der Waals surface area contributed by atoms with Crippen LogP contribution < -0.4 is 5.32 Å². The van der Waals surface area contributed by atoms with Gasteiger partial charge in [0.25, 0.3) is 0 Å². The topological polar surface area (TPSA) is 32.3 Å². The van der Waals surface area contributed by atoms with Gasteiger partial charge in [-0.1, -0.05) is 25.5 Å². The maximum atomic E-state index is 12.9. The summed E-state index contributed by atoms with van der Waals surface area (Å²) in [6.07, 6.45) is 1.55. The molecule has 0 bridgehead atoms. The number of rotatable bonds is 6. The van der Waals surface area contributed by atoms with Gasteiger partial charge in [-0.05, 0) is 31.0 Å². The highest BCUT2D eigenvalue weighted by Crippen LogP contribution is 2.13. The van der Waals surface area contributed by atoms with E-state index in [-0.39, 0.29) is 5.82 Å². The van der Waals surface area contributed by atoms with Gasteiger partial charge in [-0.3, -0.25) is 0 Å². The highest BCUT2D eigenvalue weighted by atomic mass is 19.1. The number of benzene rings is 1. The lowest BCUT2D eigenvalue weighted by atomic mass is 10.1. The first-order chi connectivity index (χ1) is 7.63. The van der Waals surface area contributed by atoms with Crippen LogP contribution in [0.3, 0.4) is 0 Å². The van der Waals surface area contributed by atoms with Crippen molar-refractivity contribution >= 4 is 0 Å². The Bertz CT molecular complexity index is 317. The summed E-state index contributed by atoms with van der Waals surface area (Å²) in [6, 6.07) is 6.48. The summed E-state index contributed by atoms with van der Waals surface area (Å²) in [7, 11) is 0. The van der Waals surface area contributed by atoms with Gasteiger partial charge in [0.05, 0.1) is 6.10 Å². The number of hydrogen-bond acceptors (Lipinski definition) is 2. The van der Waals surface area contributed by atoms with Crippen LogP contribution in [-0.2, 0) is 0 Å². The van der Waals surface area contributed by atoms with Crippen molar-refractivity contribution in [2.24, 2.45) is 0 Å². The van der Waals surface area contributed by atoms with Crippen molar-refractivity contribution in [3.8, 4) is 0 Å². The third-order valence-electron chi connectivity index (χ3n) is 2.61. The van der Waals surface area contributed by atoms with Crippen LogP contribution in [0.5, 0.6) is 0 Å². The first-order valence-electron chi connectivity index (χ1n) is 5.80. The molecule has 16 heavy (non-hydrogen) atoms. The molecule has 0 spiro atoms. The second-order valence-corrected chi connectivity index (χ2v) is 4.17. The molecule has 0 radical (unpaired) electrons. The average molecular weight is 225 g/mol. The van der Waals surface area contributed by atoms with E-state index >= 15 is 0 Å². The van der Waals surface area contributed by atoms with Gasteiger partial charge in [-0.25, -0.2) is 4.39 Å². The minimum Gasteiger partial charge on any atom is -0.387 e. The zero-order valence-electron chi connectivity index (χ0n) is 9.91. The van der Waals surface area contributed by atoms with Gasteiger partial charge >= 0.3 is 0 Å². The second-order valence-electron chi connectivity index (χ2n) is 4.17. The van der Waals surface area contributed by atoms with Gasteiger partial charge < -0.3 is 10.4 Å². The van der Waals surface area contributed by atoms with Crippen molar-refractivity contribution in [3.63, 3.8) is 0 Å². The van der Waals surface area contributed by atoms with Crippen molar-refractivity contribution in [2.45, 2.75) is 38.8 Å². The first kappa shape index (κ1) is 13.1. The summed E-state index contributed by atoms with van der Waals surface area (Å²) in [5, 5.41) is 13.1. The lowest BCUT2D eigenvalue weighted by Gasteiger charge is -2.16. The molecule has 3 heteroatoms. The predicted molar refractivity (Wildman–Crippen MR) is 63.7 cm³/mol. The summed E-state index contributed by atoms with van der Waals surface area (Å²) >= 11 is 0. The largest absolute Gasteiger partial charge is 0.387 e. The smallest absolute Gasteiger partial charge is 0.123 e. The maximum absolute atomic E-state index is 12.9. The highest BCUT2D eigenvalue weighted by molar-refractivity contribution is 5.18. The van der Waals surface area contributed by atoms with Gasteiger partial charge in [0.1, 0.15) is 5.82 Å². The molecule has 0 aliphatic heterocycles. The van der Waals surface area contributed by atoms with Crippen LogP contribution in [-0.4, -0.2) is 17.7 Å². The van der Waals surface area contributed by atoms with E-state index in [0.717, 1.165) is 12.8 Å². The predicted octanol–water partition coefficient (Wildman–Crippen LogP) is 2.64. The summed E-state index contributed by atoms with van der Waals surface area (Å²) in [5.41, 5.74) is 0.621. The van der Waals surface area contributed by atoms with Crippen LogP contribution in [0, 0.1) is 5.82 Å². The van der Waals surface area contributed by atoms with Crippen molar-refractivity contribution in [2.75, 3.05) is 6.54 Å². The van der Waals surface area contributed by atoms with E-state index in [1.165, 1.54) is 12.1 Å². The monoisotopic (exact) mass is 225 g/mol. The Balaban J connectivity index is 2.43. The first-order valence-corrected chi connectivity index (χ1v) is 5.80. The molecule has 2 nitrogen and oxygen atoms in total. The maximum Gasteiger partial charge on any atom is 0.123 e. The van der Waals surface area contributed by atoms with E-state index in [9.17, 15) is 9.50 Å². The van der Waals surface area contributed by atoms with Crippen molar-refractivity contribution in [1.29, 1.82) is 0 Å². The summed E-state index contributed by atoms with van der Waals surface area (Å²) in [6.45, 7) is 4.67. The lowest BCUT2D eigenvalue weighted by molar-refractivity contribution is 0.169. The molecule has 0 aromatic heterocycles. The van der Waals surface area contributed by atoms with E-state index < -0.39 is 6.10 Å². The molecular formula is C13H20FNO. The molecule has 0 aliphatic carbocycles.